The normalized spacial score (nSPS) is 20.5. The van der Waals surface area contributed by atoms with E-state index in [1.807, 2.05) is 0 Å². The highest BCUT2D eigenvalue weighted by molar-refractivity contribution is 5.99. The topological polar surface area (TPSA) is 78.9 Å². The van der Waals surface area contributed by atoms with Crippen molar-refractivity contribution in [1.82, 2.24) is 10.2 Å². The van der Waals surface area contributed by atoms with Crippen molar-refractivity contribution in [2.24, 2.45) is 5.73 Å². The van der Waals surface area contributed by atoms with E-state index in [9.17, 15) is 0 Å². The summed E-state index contributed by atoms with van der Waals surface area (Å²) >= 11 is 0. The van der Waals surface area contributed by atoms with Crippen molar-refractivity contribution in [2.45, 2.75) is 45.1 Å². The molecule has 0 spiro atoms. The summed E-state index contributed by atoms with van der Waals surface area (Å²) in [5.74, 6) is 0.845. The lowest BCUT2D eigenvalue weighted by atomic mass is 10.1. The van der Waals surface area contributed by atoms with Crippen molar-refractivity contribution in [2.75, 3.05) is 11.4 Å². The fourth-order valence-electron chi connectivity index (χ4n) is 2.63. The van der Waals surface area contributed by atoms with Crippen molar-refractivity contribution in [1.29, 1.82) is 5.41 Å². The third-order valence-corrected chi connectivity index (χ3v) is 3.61. The summed E-state index contributed by atoms with van der Waals surface area (Å²) in [5, 5.41) is 15.8. The van der Waals surface area contributed by atoms with Crippen LogP contribution in [-0.4, -0.2) is 28.6 Å². The molecule has 18 heavy (non-hydrogen) atoms. The zero-order valence-corrected chi connectivity index (χ0v) is 10.9. The van der Waals surface area contributed by atoms with Crippen LogP contribution in [0, 0.1) is 5.41 Å². The maximum Gasteiger partial charge on any atom is 0.162 e. The third kappa shape index (κ3) is 2.60. The van der Waals surface area contributed by atoms with E-state index in [4.69, 9.17) is 11.1 Å². The number of anilines is 1. The smallest absolute Gasteiger partial charge is 0.162 e. The predicted molar refractivity (Wildman–Crippen MR) is 72.9 cm³/mol. The Morgan fingerprint density at radius 2 is 2.33 bits per heavy atom. The Balaban J connectivity index is 2.35. The zero-order chi connectivity index (χ0) is 13.0. The number of nitrogens with one attached hydrogen (secondary N) is 1. The number of nitrogens with zero attached hydrogens (tertiary/aromatic N) is 3. The molecule has 5 nitrogen and oxygen atoms in total. The first-order chi connectivity index (χ1) is 8.74. The molecule has 0 amide bonds. The monoisotopic (exact) mass is 247 g/mol. The minimum Gasteiger partial charge on any atom is -0.384 e. The van der Waals surface area contributed by atoms with E-state index < -0.39 is 0 Å². The maximum atomic E-state index is 7.66. The van der Waals surface area contributed by atoms with Crippen LogP contribution in [0.1, 0.15) is 44.6 Å². The summed E-state index contributed by atoms with van der Waals surface area (Å²) in [4.78, 5) is 2.29. The molecule has 1 aliphatic rings. The summed E-state index contributed by atoms with van der Waals surface area (Å²) in [6.45, 7) is 3.18. The average Bonchev–Trinajstić information content (AvgIpc) is 2.63. The van der Waals surface area contributed by atoms with Crippen molar-refractivity contribution in [3.05, 3.63) is 17.8 Å². The highest BCUT2D eigenvalue weighted by Crippen LogP contribution is 2.26. The van der Waals surface area contributed by atoms with Crippen LogP contribution in [0.4, 0.5) is 5.82 Å². The Morgan fingerprint density at radius 1 is 1.50 bits per heavy atom. The second kappa shape index (κ2) is 5.80. The second-order valence-corrected chi connectivity index (χ2v) is 4.79. The molecule has 1 saturated heterocycles. The maximum absolute atomic E-state index is 7.66. The van der Waals surface area contributed by atoms with Crippen molar-refractivity contribution in [3.8, 4) is 0 Å². The van der Waals surface area contributed by atoms with E-state index in [1.165, 1.54) is 25.7 Å². The van der Waals surface area contributed by atoms with Crippen LogP contribution in [0.2, 0.25) is 0 Å². The highest BCUT2D eigenvalue weighted by atomic mass is 15.3. The molecule has 2 heterocycles. The molecule has 1 fully saturated rings. The molecule has 0 bridgehead atoms. The van der Waals surface area contributed by atoms with Crippen LogP contribution < -0.4 is 10.6 Å². The second-order valence-electron chi connectivity index (χ2n) is 4.79. The molecule has 0 aliphatic carbocycles. The zero-order valence-electron chi connectivity index (χ0n) is 10.9. The van der Waals surface area contributed by atoms with Crippen molar-refractivity contribution >= 4 is 11.7 Å². The lowest BCUT2D eigenvalue weighted by molar-refractivity contribution is 0.550. The number of hydrogen-bond donors (Lipinski definition) is 2. The molecule has 1 aromatic heterocycles. The molecule has 3 N–H and O–H groups in total. The van der Waals surface area contributed by atoms with Gasteiger partial charge in [-0.05, 0) is 25.3 Å². The first-order valence-corrected chi connectivity index (χ1v) is 6.66. The molecule has 1 atom stereocenters. The van der Waals surface area contributed by atoms with Gasteiger partial charge in [0.1, 0.15) is 5.84 Å². The quantitative estimate of drug-likeness (QED) is 0.632. The number of aromatic nitrogens is 2. The van der Waals surface area contributed by atoms with Gasteiger partial charge in [-0.2, -0.15) is 5.10 Å². The van der Waals surface area contributed by atoms with Gasteiger partial charge in [-0.15, -0.1) is 5.10 Å². The van der Waals surface area contributed by atoms with E-state index in [-0.39, 0.29) is 5.84 Å². The molecule has 1 aromatic rings. The molecule has 5 heteroatoms. The van der Waals surface area contributed by atoms with Crippen molar-refractivity contribution in [3.63, 3.8) is 0 Å². The highest BCUT2D eigenvalue weighted by Gasteiger charge is 2.23. The van der Waals surface area contributed by atoms with Gasteiger partial charge < -0.3 is 10.6 Å². The summed E-state index contributed by atoms with van der Waals surface area (Å²) in [6, 6.07) is 2.27. The average molecular weight is 247 g/mol. The largest absolute Gasteiger partial charge is 0.384 e. The van der Waals surface area contributed by atoms with E-state index in [1.54, 1.807) is 12.3 Å². The van der Waals surface area contributed by atoms with Crippen LogP contribution >= 0.6 is 0 Å². The fraction of sp³-hybridized carbons (Fsp3) is 0.615. The first kappa shape index (κ1) is 12.8. The molecule has 2 rings (SSSR count). The Kier molecular flexibility index (Phi) is 4.12. The van der Waals surface area contributed by atoms with Crippen LogP contribution in [0.5, 0.6) is 0 Å². The van der Waals surface area contributed by atoms with Gasteiger partial charge in [0.05, 0.1) is 11.8 Å². The van der Waals surface area contributed by atoms with Gasteiger partial charge in [-0.3, -0.25) is 5.41 Å². The standard InChI is InChI=1S/C13H21N5/c1-2-10-6-4-3-5-9-18(10)13-11(12(14)15)7-8-16-17-13/h7-8,10H,2-6,9H2,1H3,(H3,14,15). The molecule has 0 saturated carbocycles. The minimum atomic E-state index is 0.0685. The van der Waals surface area contributed by atoms with Gasteiger partial charge in [0.2, 0.25) is 0 Å². The Morgan fingerprint density at radius 3 is 3.06 bits per heavy atom. The van der Waals surface area contributed by atoms with Gasteiger partial charge >= 0.3 is 0 Å². The van der Waals surface area contributed by atoms with E-state index >= 15 is 0 Å². The summed E-state index contributed by atoms with van der Waals surface area (Å²) < 4.78 is 0. The van der Waals surface area contributed by atoms with Gasteiger partial charge in [0, 0.05) is 12.6 Å². The van der Waals surface area contributed by atoms with E-state index in [0.717, 1.165) is 18.8 Å². The van der Waals surface area contributed by atoms with Gasteiger partial charge in [-0.25, -0.2) is 0 Å². The SMILES string of the molecule is CCC1CCCCCN1c1nnccc1C(=N)N. The van der Waals surface area contributed by atoms with E-state index in [0.29, 0.717) is 11.6 Å². The number of hydrogen-bond acceptors (Lipinski definition) is 4. The Hall–Kier alpha value is -1.65. The molecule has 0 radical (unpaired) electrons. The van der Waals surface area contributed by atoms with E-state index in [2.05, 4.69) is 22.0 Å². The molecule has 98 valence electrons. The van der Waals surface area contributed by atoms with Gasteiger partial charge in [-0.1, -0.05) is 19.8 Å². The van der Waals surface area contributed by atoms with Crippen LogP contribution in [0.3, 0.4) is 0 Å². The Bertz CT molecular complexity index is 418. The first-order valence-electron chi connectivity index (χ1n) is 6.66. The Labute approximate surface area is 108 Å². The van der Waals surface area contributed by atoms with Crippen LogP contribution in [-0.2, 0) is 0 Å². The van der Waals surface area contributed by atoms with Crippen molar-refractivity contribution < 1.29 is 0 Å². The van der Waals surface area contributed by atoms with Crippen LogP contribution in [0.15, 0.2) is 12.3 Å². The molecular weight excluding hydrogens is 226 g/mol. The van der Waals surface area contributed by atoms with Crippen LogP contribution in [0.25, 0.3) is 0 Å². The lowest BCUT2D eigenvalue weighted by Gasteiger charge is -2.31. The van der Waals surface area contributed by atoms with Gasteiger partial charge in [0.25, 0.3) is 0 Å². The number of amidine groups is 1. The number of rotatable bonds is 3. The number of nitrogens with two attached hydrogens (primary N) is 1. The molecule has 1 aliphatic heterocycles. The lowest BCUT2D eigenvalue weighted by Crippen LogP contribution is -2.37. The van der Waals surface area contributed by atoms with Gasteiger partial charge in [0.15, 0.2) is 5.82 Å². The third-order valence-electron chi connectivity index (χ3n) is 3.61. The summed E-state index contributed by atoms with van der Waals surface area (Å²) in [7, 11) is 0. The predicted octanol–water partition coefficient (Wildman–Crippen LogP) is 1.92. The molecule has 0 aromatic carbocycles. The molecular formula is C13H21N5. The fourth-order valence-corrected chi connectivity index (χ4v) is 2.63. The summed E-state index contributed by atoms with van der Waals surface area (Å²) in [6.07, 6.45) is 7.58. The number of nitrogen functional groups attached to an aromatic ring is 1. The molecule has 1 unspecified atom stereocenters. The minimum absolute atomic E-state index is 0.0685. The summed E-state index contributed by atoms with van der Waals surface area (Å²) in [5.41, 5.74) is 6.34.